The van der Waals surface area contributed by atoms with E-state index >= 15 is 0 Å². The normalized spacial score (nSPS) is 18.7. The fourth-order valence-electron chi connectivity index (χ4n) is 1.96. The van der Waals surface area contributed by atoms with Gasteiger partial charge >= 0.3 is 5.82 Å². The smallest absolute Gasteiger partial charge is 0.358 e. The molecule has 0 bridgehead atoms. The number of anilines is 1. The average Bonchev–Trinajstić information content (AvgIpc) is 2.69. The monoisotopic (exact) mass is 281 g/mol. The van der Waals surface area contributed by atoms with E-state index in [9.17, 15) is 19.7 Å². The van der Waals surface area contributed by atoms with Gasteiger partial charge in [-0.3, -0.25) is 9.59 Å². The molecule has 0 spiro atoms. The van der Waals surface area contributed by atoms with E-state index < -0.39 is 4.92 Å². The second-order valence-electron chi connectivity index (χ2n) is 4.04. The van der Waals surface area contributed by atoms with Gasteiger partial charge in [0.2, 0.25) is 5.91 Å². The lowest BCUT2D eigenvalue weighted by Crippen LogP contribution is -2.26. The Labute approximate surface area is 113 Å². The third kappa shape index (κ3) is 2.90. The summed E-state index contributed by atoms with van der Waals surface area (Å²) in [4.78, 5) is 38.2. The highest BCUT2D eigenvalue weighted by Gasteiger charge is 2.35. The number of amides is 1. The number of carbonyl (C=O) groups excluding carboxylic acids is 2. The molecule has 19 heavy (non-hydrogen) atoms. The van der Waals surface area contributed by atoms with Crippen LogP contribution in [0.1, 0.15) is 13.3 Å². The van der Waals surface area contributed by atoms with Gasteiger partial charge in [0.05, 0.1) is 0 Å². The molecule has 8 heteroatoms. The van der Waals surface area contributed by atoms with Crippen molar-refractivity contribution in [3.8, 4) is 0 Å². The molecule has 1 aromatic rings. The number of thioether (sulfide) groups is 1. The number of pyridine rings is 1. The van der Waals surface area contributed by atoms with Crippen LogP contribution in [0.4, 0.5) is 11.5 Å². The van der Waals surface area contributed by atoms with Crippen molar-refractivity contribution in [2.45, 2.75) is 18.6 Å². The van der Waals surface area contributed by atoms with Gasteiger partial charge in [-0.05, 0) is 22.0 Å². The second kappa shape index (κ2) is 5.35. The Morgan fingerprint density at radius 2 is 2.37 bits per heavy atom. The van der Waals surface area contributed by atoms with Crippen LogP contribution >= 0.6 is 11.8 Å². The molecule has 100 valence electrons. The zero-order valence-corrected chi connectivity index (χ0v) is 10.9. The van der Waals surface area contributed by atoms with Crippen LogP contribution in [0.5, 0.6) is 0 Å². The molecule has 0 aliphatic carbocycles. The third-order valence-corrected chi connectivity index (χ3v) is 3.63. The topological polar surface area (TPSA) is 93.4 Å². The predicted octanol–water partition coefficient (Wildman–Crippen LogP) is 1.37. The first kappa shape index (κ1) is 13.5. The molecule has 0 radical (unpaired) electrons. The van der Waals surface area contributed by atoms with Crippen molar-refractivity contribution < 1.29 is 14.5 Å². The standard InChI is InChI=1S/C11H11N3O4S/c1-7(15)19-8-5-10(16)13(6-8)9-3-2-4-12-11(9)14(17)18/h2-4,8H,5-6H2,1H3. The van der Waals surface area contributed by atoms with Crippen molar-refractivity contribution in [3.63, 3.8) is 0 Å². The number of nitrogens with zero attached hydrogens (tertiary/aromatic N) is 3. The Kier molecular flexibility index (Phi) is 3.79. The summed E-state index contributed by atoms with van der Waals surface area (Å²) in [6.07, 6.45) is 1.51. The Bertz CT molecular complexity index is 548. The lowest BCUT2D eigenvalue weighted by molar-refractivity contribution is -0.388. The Morgan fingerprint density at radius 3 is 3.00 bits per heavy atom. The summed E-state index contributed by atoms with van der Waals surface area (Å²) in [7, 11) is 0. The molecule has 1 fully saturated rings. The van der Waals surface area contributed by atoms with Gasteiger partial charge in [-0.15, -0.1) is 0 Å². The maximum absolute atomic E-state index is 11.9. The molecule has 0 saturated carbocycles. The van der Waals surface area contributed by atoms with Gasteiger partial charge in [0.25, 0.3) is 0 Å². The number of nitro groups is 1. The van der Waals surface area contributed by atoms with Gasteiger partial charge in [0.15, 0.2) is 5.12 Å². The average molecular weight is 281 g/mol. The number of aromatic nitrogens is 1. The van der Waals surface area contributed by atoms with Gasteiger partial charge in [0.1, 0.15) is 11.9 Å². The molecule has 1 amide bonds. The van der Waals surface area contributed by atoms with Crippen molar-refractivity contribution in [2.24, 2.45) is 0 Å². The number of hydrogen-bond donors (Lipinski definition) is 0. The number of rotatable bonds is 3. The molecule has 0 aromatic carbocycles. The van der Waals surface area contributed by atoms with Crippen LogP contribution in [0, 0.1) is 10.1 Å². The quantitative estimate of drug-likeness (QED) is 0.613. The van der Waals surface area contributed by atoms with E-state index in [4.69, 9.17) is 0 Å². The maximum Gasteiger partial charge on any atom is 0.387 e. The van der Waals surface area contributed by atoms with Crippen molar-refractivity contribution in [1.29, 1.82) is 0 Å². The van der Waals surface area contributed by atoms with Crippen molar-refractivity contribution >= 4 is 34.3 Å². The fraction of sp³-hybridized carbons (Fsp3) is 0.364. The highest BCUT2D eigenvalue weighted by Crippen LogP contribution is 2.32. The zero-order valence-electron chi connectivity index (χ0n) is 10.1. The van der Waals surface area contributed by atoms with Crippen LogP contribution in [0.3, 0.4) is 0 Å². The van der Waals surface area contributed by atoms with Gasteiger partial charge in [-0.25, -0.2) is 0 Å². The molecule has 7 nitrogen and oxygen atoms in total. The molecule has 1 aliphatic rings. The highest BCUT2D eigenvalue weighted by molar-refractivity contribution is 8.14. The molecule has 1 unspecified atom stereocenters. The summed E-state index contributed by atoms with van der Waals surface area (Å²) in [5.41, 5.74) is 0.184. The van der Waals surface area contributed by atoms with Crippen LogP contribution in [0.2, 0.25) is 0 Å². The van der Waals surface area contributed by atoms with E-state index in [2.05, 4.69) is 4.98 Å². The molecule has 1 atom stereocenters. The van der Waals surface area contributed by atoms with E-state index in [1.807, 2.05) is 0 Å². The third-order valence-electron chi connectivity index (χ3n) is 2.65. The van der Waals surface area contributed by atoms with E-state index in [0.29, 0.717) is 0 Å². The summed E-state index contributed by atoms with van der Waals surface area (Å²) < 4.78 is 0. The lowest BCUT2D eigenvalue weighted by Gasteiger charge is -2.15. The molecule has 1 aromatic heterocycles. The minimum Gasteiger partial charge on any atom is -0.358 e. The van der Waals surface area contributed by atoms with Crippen molar-refractivity contribution in [2.75, 3.05) is 11.4 Å². The van der Waals surface area contributed by atoms with Gasteiger partial charge in [-0.2, -0.15) is 0 Å². The van der Waals surface area contributed by atoms with Gasteiger partial charge in [-0.1, -0.05) is 11.8 Å². The first-order valence-corrected chi connectivity index (χ1v) is 6.44. The summed E-state index contributed by atoms with van der Waals surface area (Å²) in [6.45, 7) is 1.72. The SMILES string of the molecule is CC(=O)SC1CC(=O)N(c2cccnc2[N+](=O)[O-])C1. The van der Waals surface area contributed by atoms with E-state index in [1.54, 1.807) is 6.07 Å². The van der Waals surface area contributed by atoms with Crippen LogP contribution < -0.4 is 4.90 Å². The Morgan fingerprint density at radius 1 is 1.63 bits per heavy atom. The van der Waals surface area contributed by atoms with Gasteiger partial charge < -0.3 is 15.0 Å². The number of hydrogen-bond acceptors (Lipinski definition) is 6. The predicted molar refractivity (Wildman–Crippen MR) is 69.9 cm³/mol. The molecular formula is C11H11N3O4S. The summed E-state index contributed by atoms with van der Waals surface area (Å²) >= 11 is 1.09. The summed E-state index contributed by atoms with van der Waals surface area (Å²) in [5, 5.41) is 10.7. The van der Waals surface area contributed by atoms with Crippen LogP contribution in [-0.2, 0) is 9.59 Å². The molecule has 2 rings (SSSR count). The van der Waals surface area contributed by atoms with Crippen LogP contribution in [0.15, 0.2) is 18.3 Å². The molecule has 0 N–H and O–H groups in total. The maximum atomic E-state index is 11.9. The van der Waals surface area contributed by atoms with E-state index in [1.165, 1.54) is 24.1 Å². The van der Waals surface area contributed by atoms with Crippen molar-refractivity contribution in [1.82, 2.24) is 4.98 Å². The van der Waals surface area contributed by atoms with E-state index in [0.717, 1.165) is 11.8 Å². The second-order valence-corrected chi connectivity index (χ2v) is 5.52. The summed E-state index contributed by atoms with van der Waals surface area (Å²) in [5.74, 6) is -0.570. The van der Waals surface area contributed by atoms with Crippen LogP contribution in [-0.4, -0.2) is 32.7 Å². The minimum absolute atomic E-state index is 0.0691. The lowest BCUT2D eigenvalue weighted by atomic mass is 10.3. The molecule has 2 heterocycles. The van der Waals surface area contributed by atoms with Crippen molar-refractivity contribution in [3.05, 3.63) is 28.4 Å². The molecular weight excluding hydrogens is 270 g/mol. The Hall–Kier alpha value is -1.96. The van der Waals surface area contributed by atoms with Gasteiger partial charge in [0, 0.05) is 25.1 Å². The molecule has 1 aliphatic heterocycles. The highest BCUT2D eigenvalue weighted by atomic mass is 32.2. The zero-order chi connectivity index (χ0) is 14.0. The van der Waals surface area contributed by atoms with Crippen LogP contribution in [0.25, 0.3) is 0 Å². The number of carbonyl (C=O) groups is 2. The largest absolute Gasteiger partial charge is 0.387 e. The van der Waals surface area contributed by atoms with E-state index in [-0.39, 0.29) is 40.7 Å². The molecule has 1 saturated heterocycles. The fourth-order valence-corrected chi connectivity index (χ4v) is 2.88. The Balaban J connectivity index is 2.26. The first-order valence-electron chi connectivity index (χ1n) is 5.56. The minimum atomic E-state index is -0.617. The first-order chi connectivity index (χ1) is 8.99. The summed E-state index contributed by atoms with van der Waals surface area (Å²) in [6, 6.07) is 3.03.